The van der Waals surface area contributed by atoms with Crippen LogP contribution < -0.4 is 5.32 Å². The average Bonchev–Trinajstić information content (AvgIpc) is 2.76. The van der Waals surface area contributed by atoms with Gasteiger partial charge in [-0.05, 0) is 50.0 Å². The third kappa shape index (κ3) is 3.13. The van der Waals surface area contributed by atoms with E-state index in [0.717, 1.165) is 5.56 Å². The molecule has 1 heterocycles. The molecule has 0 bridgehead atoms. The lowest BCUT2D eigenvalue weighted by molar-refractivity contribution is -0.388. The van der Waals surface area contributed by atoms with Crippen molar-refractivity contribution in [2.75, 3.05) is 11.9 Å². The number of aryl methyl sites for hydroxylation is 1. The molecule has 8 heteroatoms. The first-order valence-corrected chi connectivity index (χ1v) is 6.62. The predicted octanol–water partition coefficient (Wildman–Crippen LogP) is 2.88. The fourth-order valence-corrected chi connectivity index (χ4v) is 2.20. The smallest absolute Gasteiger partial charge is 0.364 e. The van der Waals surface area contributed by atoms with Gasteiger partial charge in [-0.25, -0.2) is 4.39 Å². The molecular formula is C12H12BrFN4O2. The minimum atomic E-state index is -0.531. The van der Waals surface area contributed by atoms with E-state index in [1.54, 1.807) is 23.7 Å². The second-order valence-corrected chi connectivity index (χ2v) is 5.06. The van der Waals surface area contributed by atoms with Crippen molar-refractivity contribution >= 4 is 27.6 Å². The van der Waals surface area contributed by atoms with E-state index in [2.05, 4.69) is 26.2 Å². The Morgan fingerprint density at radius 2 is 2.30 bits per heavy atom. The van der Waals surface area contributed by atoms with E-state index >= 15 is 0 Å². The molecule has 0 saturated heterocycles. The lowest BCUT2D eigenvalue weighted by Gasteiger charge is -2.07. The van der Waals surface area contributed by atoms with Gasteiger partial charge < -0.3 is 15.4 Å². The molecule has 6 nitrogen and oxygen atoms in total. The van der Waals surface area contributed by atoms with Gasteiger partial charge in [0.25, 0.3) is 0 Å². The Kier molecular flexibility index (Phi) is 4.33. The van der Waals surface area contributed by atoms with E-state index in [-0.39, 0.29) is 11.6 Å². The van der Waals surface area contributed by atoms with Crippen LogP contribution in [-0.2, 0) is 13.5 Å². The maximum Gasteiger partial charge on any atom is 0.406 e. The number of nitrogens with zero attached hydrogens (tertiary/aromatic N) is 3. The van der Waals surface area contributed by atoms with Crippen molar-refractivity contribution in [3.8, 4) is 0 Å². The molecule has 106 valence electrons. The zero-order valence-corrected chi connectivity index (χ0v) is 12.2. The van der Waals surface area contributed by atoms with Crippen molar-refractivity contribution in [3.05, 3.63) is 50.5 Å². The van der Waals surface area contributed by atoms with Gasteiger partial charge in [-0.2, -0.15) is 0 Å². The zero-order chi connectivity index (χ0) is 14.7. The molecule has 2 rings (SSSR count). The van der Waals surface area contributed by atoms with Gasteiger partial charge in [-0.3, -0.25) is 4.57 Å². The Bertz CT molecular complexity index is 644. The number of hydrogen-bond acceptors (Lipinski definition) is 4. The molecule has 0 saturated carbocycles. The van der Waals surface area contributed by atoms with Gasteiger partial charge >= 0.3 is 5.82 Å². The molecule has 2 aromatic rings. The number of nitrogens with one attached hydrogen (secondary N) is 1. The molecule has 0 aliphatic rings. The number of hydrogen-bond donors (Lipinski definition) is 1. The first-order chi connectivity index (χ1) is 9.49. The highest BCUT2D eigenvalue weighted by molar-refractivity contribution is 9.10. The molecule has 1 aromatic heterocycles. The van der Waals surface area contributed by atoms with Gasteiger partial charge in [-0.15, -0.1) is 0 Å². The highest BCUT2D eigenvalue weighted by Gasteiger charge is 2.19. The fourth-order valence-electron chi connectivity index (χ4n) is 1.78. The van der Waals surface area contributed by atoms with Crippen LogP contribution in [0.2, 0.25) is 0 Å². The highest BCUT2D eigenvalue weighted by Crippen LogP contribution is 2.21. The van der Waals surface area contributed by atoms with Crippen LogP contribution in [0.15, 0.2) is 29.0 Å². The lowest BCUT2D eigenvalue weighted by atomic mass is 10.1. The summed E-state index contributed by atoms with van der Waals surface area (Å²) in [5.41, 5.74) is 0.926. The molecule has 0 spiro atoms. The van der Waals surface area contributed by atoms with Crippen molar-refractivity contribution in [1.29, 1.82) is 0 Å². The summed E-state index contributed by atoms with van der Waals surface area (Å²) in [6.45, 7) is 0.485. The number of aromatic nitrogens is 2. The normalized spacial score (nSPS) is 10.6. The molecule has 1 N–H and O–H groups in total. The monoisotopic (exact) mass is 342 g/mol. The van der Waals surface area contributed by atoms with Gasteiger partial charge in [-0.1, -0.05) is 6.07 Å². The second kappa shape index (κ2) is 6.00. The van der Waals surface area contributed by atoms with Crippen molar-refractivity contribution in [2.45, 2.75) is 6.42 Å². The summed E-state index contributed by atoms with van der Waals surface area (Å²) in [5.74, 6) is -0.159. The van der Waals surface area contributed by atoms with Gasteiger partial charge in [0.1, 0.15) is 5.82 Å². The molecular weight excluding hydrogens is 331 g/mol. The largest absolute Gasteiger partial charge is 0.406 e. The van der Waals surface area contributed by atoms with Crippen LogP contribution in [0.25, 0.3) is 0 Å². The van der Waals surface area contributed by atoms with Crippen molar-refractivity contribution in [1.82, 2.24) is 9.55 Å². The van der Waals surface area contributed by atoms with Crippen LogP contribution in [0.5, 0.6) is 0 Å². The Hall–Kier alpha value is -1.96. The minimum Gasteiger partial charge on any atom is -0.364 e. The Labute approximate surface area is 122 Å². The molecule has 20 heavy (non-hydrogen) atoms. The Morgan fingerprint density at radius 1 is 1.55 bits per heavy atom. The molecule has 0 aliphatic carbocycles. The molecule has 0 atom stereocenters. The Balaban J connectivity index is 2.01. The summed E-state index contributed by atoms with van der Waals surface area (Å²) in [6, 6.07) is 4.75. The van der Waals surface area contributed by atoms with E-state index in [1.165, 1.54) is 12.4 Å². The second-order valence-electron chi connectivity index (χ2n) is 4.21. The van der Waals surface area contributed by atoms with Crippen molar-refractivity contribution < 1.29 is 9.31 Å². The van der Waals surface area contributed by atoms with Crippen molar-refractivity contribution in [2.24, 2.45) is 7.05 Å². The summed E-state index contributed by atoms with van der Waals surface area (Å²) in [5, 5.41) is 13.8. The first-order valence-electron chi connectivity index (χ1n) is 5.82. The van der Waals surface area contributed by atoms with Crippen molar-refractivity contribution in [3.63, 3.8) is 0 Å². The molecule has 0 aliphatic heterocycles. The van der Waals surface area contributed by atoms with E-state index in [4.69, 9.17) is 0 Å². The summed E-state index contributed by atoms with van der Waals surface area (Å²) in [7, 11) is 1.68. The zero-order valence-electron chi connectivity index (χ0n) is 10.6. The number of halogens is 2. The molecule has 0 radical (unpaired) electrons. The predicted molar refractivity (Wildman–Crippen MR) is 76.2 cm³/mol. The minimum absolute atomic E-state index is 0.201. The maximum absolute atomic E-state index is 13.1. The van der Waals surface area contributed by atoms with E-state index < -0.39 is 4.92 Å². The van der Waals surface area contributed by atoms with Gasteiger partial charge in [0.05, 0.1) is 4.47 Å². The van der Waals surface area contributed by atoms with Crippen LogP contribution in [0.3, 0.4) is 0 Å². The van der Waals surface area contributed by atoms with Crippen LogP contribution in [0, 0.1) is 15.9 Å². The molecule has 0 fully saturated rings. The SMILES string of the molecule is Cn1cnc([N+](=O)[O-])c1NCCc1ccc(F)c(Br)c1. The maximum atomic E-state index is 13.1. The van der Waals surface area contributed by atoms with Crippen LogP contribution in [-0.4, -0.2) is 21.0 Å². The summed E-state index contributed by atoms with van der Waals surface area (Å²) < 4.78 is 15.0. The van der Waals surface area contributed by atoms with Gasteiger partial charge in [0.15, 0.2) is 0 Å². The average molecular weight is 343 g/mol. The van der Waals surface area contributed by atoms with Crippen LogP contribution >= 0.6 is 15.9 Å². The summed E-state index contributed by atoms with van der Waals surface area (Å²) in [4.78, 5) is 14.0. The quantitative estimate of drug-likeness (QED) is 0.669. The topological polar surface area (TPSA) is 73.0 Å². The third-order valence-corrected chi connectivity index (χ3v) is 3.39. The molecule has 1 aromatic carbocycles. The van der Waals surface area contributed by atoms with E-state index in [1.807, 2.05) is 0 Å². The van der Waals surface area contributed by atoms with Gasteiger partial charge in [0.2, 0.25) is 12.1 Å². The van der Waals surface area contributed by atoms with E-state index in [9.17, 15) is 14.5 Å². The first kappa shape index (κ1) is 14.4. The third-order valence-electron chi connectivity index (χ3n) is 2.78. The Morgan fingerprint density at radius 3 is 2.95 bits per heavy atom. The highest BCUT2D eigenvalue weighted by atomic mass is 79.9. The number of imidazole rings is 1. The summed E-state index contributed by atoms with van der Waals surface area (Å²) >= 11 is 3.12. The number of rotatable bonds is 5. The van der Waals surface area contributed by atoms with Crippen LogP contribution in [0.1, 0.15) is 5.56 Å². The number of benzene rings is 1. The lowest BCUT2D eigenvalue weighted by Crippen LogP contribution is -2.09. The molecule has 0 unspecified atom stereocenters. The number of nitro groups is 1. The van der Waals surface area contributed by atoms with Crippen LogP contribution in [0.4, 0.5) is 16.0 Å². The van der Waals surface area contributed by atoms with E-state index in [0.29, 0.717) is 23.3 Å². The van der Waals surface area contributed by atoms with Gasteiger partial charge in [0, 0.05) is 13.6 Å². The fraction of sp³-hybridized carbons (Fsp3) is 0.250. The summed E-state index contributed by atoms with van der Waals surface area (Å²) in [6.07, 6.45) is 2.00. The number of anilines is 1. The standard InChI is InChI=1S/C12H12BrFN4O2/c1-17-7-16-12(18(19)20)11(17)15-5-4-8-2-3-10(14)9(13)6-8/h2-3,6-7,15H,4-5H2,1H3. The molecule has 0 amide bonds.